The van der Waals surface area contributed by atoms with Gasteiger partial charge >= 0.3 is 5.97 Å². The summed E-state index contributed by atoms with van der Waals surface area (Å²) in [5, 5.41) is 14.5. The largest absolute Gasteiger partial charge is 0.494 e. The molecule has 0 saturated heterocycles. The summed E-state index contributed by atoms with van der Waals surface area (Å²) in [6, 6.07) is 17.1. The van der Waals surface area contributed by atoms with Gasteiger partial charge in [-0.2, -0.15) is 5.26 Å². The molecule has 0 unspecified atom stereocenters. The number of rotatable bonds is 11. The lowest BCUT2D eigenvalue weighted by Gasteiger charge is -2.09. The highest BCUT2D eigenvalue weighted by molar-refractivity contribution is 7.15. The summed E-state index contributed by atoms with van der Waals surface area (Å²) in [6.07, 6.45) is 4.44. The van der Waals surface area contributed by atoms with Crippen molar-refractivity contribution in [1.82, 2.24) is 0 Å². The van der Waals surface area contributed by atoms with Gasteiger partial charge in [0.2, 0.25) is 0 Å². The van der Waals surface area contributed by atoms with E-state index in [-0.39, 0.29) is 17.7 Å². The lowest BCUT2D eigenvalue weighted by Crippen LogP contribution is -2.16. The predicted molar refractivity (Wildman–Crippen MR) is 144 cm³/mol. The number of amides is 1. The highest BCUT2D eigenvalue weighted by Crippen LogP contribution is 2.36. The molecule has 2 aromatic carbocycles. The van der Waals surface area contributed by atoms with Crippen molar-refractivity contribution in [1.29, 1.82) is 5.26 Å². The second-order valence-electron chi connectivity index (χ2n) is 8.02. The normalized spacial score (nSPS) is 11.0. The van der Waals surface area contributed by atoms with Gasteiger partial charge in [-0.1, -0.05) is 56.7 Å². The third-order valence-electron chi connectivity index (χ3n) is 5.49. The van der Waals surface area contributed by atoms with Crippen LogP contribution < -0.4 is 10.1 Å². The van der Waals surface area contributed by atoms with E-state index >= 15 is 0 Å². The molecule has 1 amide bonds. The number of nitrogens with zero attached hydrogens (tertiary/aromatic N) is 1. The van der Waals surface area contributed by atoms with Gasteiger partial charge in [-0.15, -0.1) is 11.3 Å². The Morgan fingerprint density at radius 1 is 1.06 bits per heavy atom. The Kier molecular flexibility index (Phi) is 9.84. The van der Waals surface area contributed by atoms with Gasteiger partial charge in [-0.05, 0) is 54.7 Å². The molecule has 0 fully saturated rings. The minimum atomic E-state index is -0.596. The third kappa shape index (κ3) is 6.83. The molecule has 0 aliphatic rings. The lowest BCUT2D eigenvalue weighted by molar-refractivity contribution is -0.112. The molecule has 0 aliphatic carbocycles. The second kappa shape index (κ2) is 13.3. The van der Waals surface area contributed by atoms with Gasteiger partial charge in [-0.3, -0.25) is 4.79 Å². The summed E-state index contributed by atoms with van der Waals surface area (Å²) in [7, 11) is 0. The van der Waals surface area contributed by atoms with Gasteiger partial charge in [0.1, 0.15) is 28.0 Å². The number of nitriles is 1. The Morgan fingerprint density at radius 2 is 1.78 bits per heavy atom. The zero-order chi connectivity index (χ0) is 25.9. The van der Waals surface area contributed by atoms with Crippen molar-refractivity contribution in [2.45, 2.75) is 40.0 Å². The van der Waals surface area contributed by atoms with Crippen LogP contribution in [0.4, 0.5) is 5.00 Å². The first-order chi connectivity index (χ1) is 17.5. The number of hydrogen-bond acceptors (Lipinski definition) is 6. The molecular formula is C29H30N2O4S. The summed E-state index contributed by atoms with van der Waals surface area (Å²) in [6.45, 7) is 6.76. The molecule has 0 atom stereocenters. The van der Waals surface area contributed by atoms with Crippen molar-refractivity contribution in [2.24, 2.45) is 0 Å². The summed E-state index contributed by atoms with van der Waals surface area (Å²) in [5.74, 6) is -0.383. The van der Waals surface area contributed by atoms with E-state index < -0.39 is 11.9 Å². The fraction of sp³-hybridized carbons (Fsp3) is 0.276. The van der Waals surface area contributed by atoms with E-state index in [1.807, 2.05) is 47.8 Å². The highest BCUT2D eigenvalue weighted by atomic mass is 32.1. The summed E-state index contributed by atoms with van der Waals surface area (Å²) in [4.78, 5) is 25.8. The molecule has 3 aromatic rings. The summed E-state index contributed by atoms with van der Waals surface area (Å²) < 4.78 is 10.9. The SMILES string of the molecule is CCCCOc1ccc(/C=C(\C#N)C(=O)Nc2scc(-c3ccc(CC)cc3)c2C(=O)OCC)cc1. The zero-order valence-electron chi connectivity index (χ0n) is 20.8. The minimum Gasteiger partial charge on any atom is -0.494 e. The molecule has 1 N–H and O–H groups in total. The maximum Gasteiger partial charge on any atom is 0.341 e. The lowest BCUT2D eigenvalue weighted by atomic mass is 10.0. The topological polar surface area (TPSA) is 88.4 Å². The Morgan fingerprint density at radius 3 is 2.39 bits per heavy atom. The van der Waals surface area contributed by atoms with E-state index in [0.29, 0.717) is 22.7 Å². The maximum absolute atomic E-state index is 13.0. The van der Waals surface area contributed by atoms with Crippen LogP contribution in [0.2, 0.25) is 0 Å². The molecule has 36 heavy (non-hydrogen) atoms. The number of ether oxygens (including phenoxy) is 2. The Bertz CT molecular complexity index is 1250. The average Bonchev–Trinajstić information content (AvgIpc) is 3.31. The molecule has 186 valence electrons. The minimum absolute atomic E-state index is 0.0771. The number of anilines is 1. The number of carbonyl (C=O) groups excluding carboxylic acids is 2. The van der Waals surface area contributed by atoms with Crippen LogP contribution in [-0.2, 0) is 16.0 Å². The van der Waals surface area contributed by atoms with E-state index in [1.165, 1.54) is 23.0 Å². The van der Waals surface area contributed by atoms with Crippen LogP contribution in [-0.4, -0.2) is 25.1 Å². The first kappa shape index (κ1) is 26.7. The number of aryl methyl sites for hydroxylation is 1. The highest BCUT2D eigenvalue weighted by Gasteiger charge is 2.23. The molecule has 0 saturated carbocycles. The third-order valence-corrected chi connectivity index (χ3v) is 6.39. The fourth-order valence-corrected chi connectivity index (χ4v) is 4.42. The van der Waals surface area contributed by atoms with Gasteiger partial charge in [0, 0.05) is 10.9 Å². The van der Waals surface area contributed by atoms with Gasteiger partial charge in [0.15, 0.2) is 0 Å². The molecule has 0 aliphatic heterocycles. The quantitative estimate of drug-likeness (QED) is 0.134. The van der Waals surface area contributed by atoms with Crippen molar-refractivity contribution in [3.63, 3.8) is 0 Å². The van der Waals surface area contributed by atoms with Gasteiger partial charge < -0.3 is 14.8 Å². The molecule has 0 radical (unpaired) electrons. The number of thiophene rings is 1. The van der Waals surface area contributed by atoms with Crippen molar-refractivity contribution in [3.8, 4) is 22.9 Å². The first-order valence-corrected chi connectivity index (χ1v) is 12.9. The number of unbranched alkanes of at least 4 members (excludes halogenated alkanes) is 1. The molecule has 0 spiro atoms. The number of hydrogen-bond donors (Lipinski definition) is 1. The monoisotopic (exact) mass is 502 g/mol. The standard InChI is InChI=1S/C29H30N2O4S/c1-4-7-16-35-24-14-10-21(11-15-24)17-23(18-30)27(32)31-28-26(29(33)34-6-3)25(19-36-28)22-12-8-20(5-2)9-13-22/h8-15,17,19H,4-7,16H2,1-3H3,(H,31,32)/b23-17+. The van der Waals surface area contributed by atoms with Crippen molar-refractivity contribution < 1.29 is 19.1 Å². The van der Waals surface area contributed by atoms with E-state index in [0.717, 1.165) is 30.6 Å². The zero-order valence-corrected chi connectivity index (χ0v) is 21.6. The van der Waals surface area contributed by atoms with Crippen molar-refractivity contribution in [3.05, 3.63) is 76.2 Å². The smallest absolute Gasteiger partial charge is 0.341 e. The van der Waals surface area contributed by atoms with Gasteiger partial charge in [0.05, 0.1) is 13.2 Å². The van der Waals surface area contributed by atoms with Crippen molar-refractivity contribution in [2.75, 3.05) is 18.5 Å². The Labute approximate surface area is 216 Å². The van der Waals surface area contributed by atoms with Crippen LogP contribution in [0.3, 0.4) is 0 Å². The molecule has 6 nitrogen and oxygen atoms in total. The van der Waals surface area contributed by atoms with Crippen LogP contribution in [0.1, 0.15) is 55.1 Å². The van der Waals surface area contributed by atoms with Gasteiger partial charge in [0.25, 0.3) is 5.91 Å². The Hall–Kier alpha value is -3.89. The van der Waals surface area contributed by atoms with E-state index in [1.54, 1.807) is 19.1 Å². The average molecular weight is 503 g/mol. The molecule has 1 aromatic heterocycles. The molecule has 0 bridgehead atoms. The molecule has 7 heteroatoms. The summed E-state index contributed by atoms with van der Waals surface area (Å²) >= 11 is 1.22. The van der Waals surface area contributed by atoms with Crippen LogP contribution in [0.5, 0.6) is 5.75 Å². The molecule has 1 heterocycles. The maximum atomic E-state index is 13.0. The van der Waals surface area contributed by atoms with Gasteiger partial charge in [-0.25, -0.2) is 4.79 Å². The molecular weight excluding hydrogens is 472 g/mol. The van der Waals surface area contributed by atoms with E-state index in [9.17, 15) is 14.9 Å². The van der Waals surface area contributed by atoms with Crippen LogP contribution in [0, 0.1) is 11.3 Å². The predicted octanol–water partition coefficient (Wildman–Crippen LogP) is 6.88. The second-order valence-corrected chi connectivity index (χ2v) is 8.90. The number of carbonyl (C=O) groups is 2. The van der Waals surface area contributed by atoms with E-state index in [4.69, 9.17) is 9.47 Å². The summed E-state index contributed by atoms with van der Waals surface area (Å²) in [5.41, 5.74) is 3.61. The van der Waals surface area contributed by atoms with Crippen LogP contribution in [0.15, 0.2) is 59.5 Å². The van der Waals surface area contributed by atoms with E-state index in [2.05, 4.69) is 19.2 Å². The fourth-order valence-electron chi connectivity index (χ4n) is 3.47. The van der Waals surface area contributed by atoms with Crippen LogP contribution >= 0.6 is 11.3 Å². The van der Waals surface area contributed by atoms with Crippen LogP contribution in [0.25, 0.3) is 17.2 Å². The number of esters is 1. The molecule has 3 rings (SSSR count). The Balaban J connectivity index is 1.84. The number of nitrogens with one attached hydrogen (secondary N) is 1. The first-order valence-electron chi connectivity index (χ1n) is 12.0. The van der Waals surface area contributed by atoms with Crippen molar-refractivity contribution >= 4 is 34.3 Å². The number of benzene rings is 2.